The Hall–Kier alpha value is -3.10. The van der Waals surface area contributed by atoms with Crippen LogP contribution in [0.25, 0.3) is 0 Å². The Bertz CT molecular complexity index is 1150. The number of methoxy groups -OCH3 is 2. The van der Waals surface area contributed by atoms with Gasteiger partial charge in [-0.1, -0.05) is 55.2 Å². The summed E-state index contributed by atoms with van der Waals surface area (Å²) in [6.07, 6.45) is 0.528. The van der Waals surface area contributed by atoms with E-state index in [9.17, 15) is 19.2 Å². The van der Waals surface area contributed by atoms with Gasteiger partial charge in [-0.15, -0.1) is 0 Å². The molecular weight excluding hydrogens is 507 g/mol. The number of benzene rings is 2. The van der Waals surface area contributed by atoms with E-state index in [1.54, 1.807) is 42.5 Å². The van der Waals surface area contributed by atoms with Crippen LogP contribution in [0, 0.1) is 17.3 Å². The van der Waals surface area contributed by atoms with Gasteiger partial charge in [-0.3, -0.25) is 14.4 Å². The Morgan fingerprint density at radius 3 is 2.11 bits per heavy atom. The van der Waals surface area contributed by atoms with Gasteiger partial charge in [0.15, 0.2) is 0 Å². The number of rotatable bonds is 8. The van der Waals surface area contributed by atoms with Gasteiger partial charge in [-0.05, 0) is 41.7 Å². The van der Waals surface area contributed by atoms with Crippen molar-refractivity contribution in [3.8, 4) is 0 Å². The Balaban J connectivity index is 1.66. The van der Waals surface area contributed by atoms with Crippen LogP contribution in [0.2, 0.25) is 10.0 Å². The summed E-state index contributed by atoms with van der Waals surface area (Å²) in [5.41, 5.74) is 0.817. The molecule has 2 N–H and O–H groups in total. The molecule has 10 heteroatoms. The second-order valence-corrected chi connectivity index (χ2v) is 10.0. The molecule has 1 saturated carbocycles. The van der Waals surface area contributed by atoms with E-state index in [-0.39, 0.29) is 39.8 Å². The monoisotopic (exact) mass is 534 g/mol. The van der Waals surface area contributed by atoms with Gasteiger partial charge >= 0.3 is 11.9 Å². The van der Waals surface area contributed by atoms with Crippen molar-refractivity contribution in [3.63, 3.8) is 0 Å². The van der Waals surface area contributed by atoms with Crippen LogP contribution in [-0.2, 0) is 30.3 Å². The molecule has 3 atom stereocenters. The first kappa shape index (κ1) is 27.5. The predicted molar refractivity (Wildman–Crippen MR) is 136 cm³/mol. The number of carbonyl (C=O) groups is 4. The minimum atomic E-state index is -0.919. The van der Waals surface area contributed by atoms with Crippen molar-refractivity contribution in [2.75, 3.05) is 19.5 Å². The zero-order valence-electron chi connectivity index (χ0n) is 20.4. The summed E-state index contributed by atoms with van der Waals surface area (Å²) in [5, 5.41) is 5.98. The number of ether oxygens (including phenoxy) is 2. The van der Waals surface area contributed by atoms with E-state index >= 15 is 0 Å². The normalized spacial score (nSPS) is 18.8. The van der Waals surface area contributed by atoms with E-state index < -0.39 is 29.3 Å². The molecule has 8 nitrogen and oxygen atoms in total. The second-order valence-electron chi connectivity index (χ2n) is 9.22. The average molecular weight is 535 g/mol. The Labute approximate surface area is 219 Å². The van der Waals surface area contributed by atoms with E-state index in [2.05, 4.69) is 10.6 Å². The molecule has 192 valence electrons. The van der Waals surface area contributed by atoms with Crippen molar-refractivity contribution in [2.45, 2.75) is 32.7 Å². The van der Waals surface area contributed by atoms with Gasteiger partial charge in [-0.25, -0.2) is 4.79 Å². The molecule has 1 fully saturated rings. The van der Waals surface area contributed by atoms with E-state index in [4.69, 9.17) is 32.7 Å². The number of anilines is 1. The summed E-state index contributed by atoms with van der Waals surface area (Å²) in [6, 6.07) is 10.7. The first-order valence-corrected chi connectivity index (χ1v) is 12.1. The lowest BCUT2D eigenvalue weighted by Gasteiger charge is -2.49. The summed E-state index contributed by atoms with van der Waals surface area (Å²) >= 11 is 12.2. The van der Waals surface area contributed by atoms with Gasteiger partial charge < -0.3 is 20.1 Å². The first-order chi connectivity index (χ1) is 17.0. The molecule has 0 radical (unpaired) electrons. The molecule has 0 heterocycles. The highest BCUT2D eigenvalue weighted by atomic mass is 35.5. The van der Waals surface area contributed by atoms with Gasteiger partial charge in [0.25, 0.3) is 5.91 Å². The molecule has 0 bridgehead atoms. The fourth-order valence-corrected chi connectivity index (χ4v) is 4.96. The number of carbonyl (C=O) groups excluding carboxylic acids is 4. The molecule has 0 aromatic heterocycles. The molecular formula is C26H28Cl2N2O6. The maximum absolute atomic E-state index is 12.9. The van der Waals surface area contributed by atoms with Gasteiger partial charge in [0.05, 0.1) is 35.7 Å². The molecule has 2 aromatic carbocycles. The summed E-state index contributed by atoms with van der Waals surface area (Å²) in [7, 11) is 2.57. The lowest BCUT2D eigenvalue weighted by atomic mass is 9.54. The van der Waals surface area contributed by atoms with Crippen molar-refractivity contribution in [1.29, 1.82) is 0 Å². The predicted octanol–water partition coefficient (Wildman–Crippen LogP) is 4.28. The lowest BCUT2D eigenvalue weighted by molar-refractivity contribution is -0.167. The van der Waals surface area contributed by atoms with E-state index in [0.29, 0.717) is 12.1 Å². The van der Waals surface area contributed by atoms with Crippen LogP contribution in [0.3, 0.4) is 0 Å². The Morgan fingerprint density at radius 2 is 1.58 bits per heavy atom. The zero-order valence-corrected chi connectivity index (χ0v) is 21.9. The van der Waals surface area contributed by atoms with Gasteiger partial charge in [0.2, 0.25) is 5.91 Å². The molecule has 1 aliphatic rings. The van der Waals surface area contributed by atoms with Crippen molar-refractivity contribution >= 4 is 52.6 Å². The highest BCUT2D eigenvalue weighted by Gasteiger charge is 2.55. The fourth-order valence-electron chi connectivity index (χ4n) is 4.39. The van der Waals surface area contributed by atoms with Crippen molar-refractivity contribution in [1.82, 2.24) is 5.32 Å². The van der Waals surface area contributed by atoms with Crippen molar-refractivity contribution in [2.24, 2.45) is 17.3 Å². The van der Waals surface area contributed by atoms with Crippen molar-refractivity contribution < 1.29 is 28.7 Å². The number of hydrogen-bond acceptors (Lipinski definition) is 6. The molecule has 2 amide bonds. The number of halogens is 2. The number of nitrogens with one attached hydrogen (secondary N) is 2. The van der Waals surface area contributed by atoms with Crippen LogP contribution in [0.5, 0.6) is 0 Å². The summed E-state index contributed by atoms with van der Waals surface area (Å²) in [6.45, 7) is 3.66. The standard InChI is InChI=1S/C26H28Cl2N2O6/c1-26(2)16(13-17(26)24(33)35-3)22(31)30-20(25(34)36-4)12-14-8-10-15(11-9-14)29-23(32)21-18(27)6-5-7-19(21)28/h5-11,16-17,20H,12-13H2,1-4H3,(H,29,32)(H,30,31). The molecule has 1 aliphatic carbocycles. The largest absolute Gasteiger partial charge is 0.469 e. The lowest BCUT2D eigenvalue weighted by Crippen LogP contribution is -2.57. The Morgan fingerprint density at radius 1 is 0.972 bits per heavy atom. The summed E-state index contributed by atoms with van der Waals surface area (Å²) in [5.74, 6) is -2.53. The van der Waals surface area contributed by atoms with Gasteiger partial charge in [0.1, 0.15) is 6.04 Å². The fraction of sp³-hybridized carbons (Fsp3) is 0.385. The SMILES string of the molecule is COC(=O)C(Cc1ccc(NC(=O)c2c(Cl)cccc2Cl)cc1)NC(=O)C1CC(C(=O)OC)C1(C)C. The average Bonchev–Trinajstić information content (AvgIpc) is 2.83. The van der Waals surface area contributed by atoms with Crippen molar-refractivity contribution in [3.05, 3.63) is 63.6 Å². The molecule has 3 unspecified atom stereocenters. The molecule has 0 saturated heterocycles. The Kier molecular flexibility index (Phi) is 8.63. The third-order valence-electron chi connectivity index (χ3n) is 6.71. The van der Waals surface area contributed by atoms with Crippen LogP contribution in [0.4, 0.5) is 5.69 Å². The number of esters is 2. The summed E-state index contributed by atoms with van der Waals surface area (Å²) < 4.78 is 9.70. The zero-order chi connectivity index (χ0) is 26.6. The smallest absolute Gasteiger partial charge is 0.328 e. The van der Waals surface area contributed by atoms with E-state index in [1.807, 2.05) is 13.8 Å². The molecule has 2 aromatic rings. The highest BCUT2D eigenvalue weighted by molar-refractivity contribution is 6.40. The molecule has 36 heavy (non-hydrogen) atoms. The summed E-state index contributed by atoms with van der Waals surface area (Å²) in [4.78, 5) is 49.9. The van der Waals surface area contributed by atoms with E-state index in [1.165, 1.54) is 14.2 Å². The third-order valence-corrected chi connectivity index (χ3v) is 7.34. The molecule has 0 aliphatic heterocycles. The molecule has 3 rings (SSSR count). The van der Waals surface area contributed by atoms with Gasteiger partial charge in [0, 0.05) is 18.0 Å². The first-order valence-electron chi connectivity index (χ1n) is 11.3. The minimum absolute atomic E-state index is 0.173. The topological polar surface area (TPSA) is 111 Å². The van der Waals surface area contributed by atoms with Crippen LogP contribution >= 0.6 is 23.2 Å². The maximum Gasteiger partial charge on any atom is 0.328 e. The highest BCUT2D eigenvalue weighted by Crippen LogP contribution is 2.51. The van der Waals surface area contributed by atoms with Crippen LogP contribution in [0.15, 0.2) is 42.5 Å². The minimum Gasteiger partial charge on any atom is -0.469 e. The van der Waals surface area contributed by atoms with Crippen LogP contribution in [0.1, 0.15) is 36.2 Å². The third kappa shape index (κ3) is 5.82. The number of amides is 2. The quantitative estimate of drug-likeness (QED) is 0.489. The van der Waals surface area contributed by atoms with E-state index in [0.717, 1.165) is 5.56 Å². The second kappa shape index (κ2) is 11.3. The van der Waals surface area contributed by atoms with Crippen LogP contribution < -0.4 is 10.6 Å². The van der Waals surface area contributed by atoms with Crippen LogP contribution in [-0.4, -0.2) is 44.0 Å². The van der Waals surface area contributed by atoms with Gasteiger partial charge in [-0.2, -0.15) is 0 Å². The number of hydrogen-bond donors (Lipinski definition) is 2. The molecule has 0 spiro atoms. The maximum atomic E-state index is 12.9.